The molecule has 0 aliphatic heterocycles. The van der Waals surface area contributed by atoms with Gasteiger partial charge in [0, 0.05) is 11.8 Å². The Labute approximate surface area is 130 Å². The summed E-state index contributed by atoms with van der Waals surface area (Å²) in [5, 5.41) is 3.50. The van der Waals surface area contributed by atoms with Crippen LogP contribution in [0.2, 0.25) is 0 Å². The minimum absolute atomic E-state index is 0.0983. The molecule has 3 rings (SSSR count). The largest absolute Gasteiger partial charge is 0.475 e. The zero-order valence-corrected chi connectivity index (χ0v) is 13.0. The normalized spacial score (nSPS) is 17.1. The molecule has 3 N–H and O–H groups in total. The van der Waals surface area contributed by atoms with Gasteiger partial charge in [0.1, 0.15) is 12.1 Å². The molecule has 0 radical (unpaired) electrons. The first-order valence-electron chi connectivity index (χ1n) is 7.75. The molecule has 1 aliphatic carbocycles. The molecule has 22 heavy (non-hydrogen) atoms. The van der Waals surface area contributed by atoms with E-state index in [9.17, 15) is 0 Å². The van der Waals surface area contributed by atoms with E-state index in [1.165, 1.54) is 17.5 Å². The Kier molecular flexibility index (Phi) is 4.13. The molecule has 2 aromatic rings. The third-order valence-corrected chi connectivity index (χ3v) is 3.80. The molecule has 0 amide bonds. The average Bonchev–Trinajstić information content (AvgIpc) is 2.47. The van der Waals surface area contributed by atoms with Crippen LogP contribution in [0.25, 0.3) is 0 Å². The van der Waals surface area contributed by atoms with Crippen LogP contribution in [0.1, 0.15) is 43.9 Å². The van der Waals surface area contributed by atoms with Gasteiger partial charge in [0.15, 0.2) is 0 Å². The zero-order valence-electron chi connectivity index (χ0n) is 13.0. The number of aromatic nitrogens is 2. The van der Waals surface area contributed by atoms with Crippen LogP contribution in [0, 0.1) is 0 Å². The van der Waals surface area contributed by atoms with Gasteiger partial charge < -0.3 is 15.8 Å². The highest BCUT2D eigenvalue weighted by Crippen LogP contribution is 2.33. The van der Waals surface area contributed by atoms with Gasteiger partial charge in [-0.2, -0.15) is 0 Å². The van der Waals surface area contributed by atoms with Crippen molar-refractivity contribution in [2.45, 2.75) is 45.3 Å². The first kappa shape index (κ1) is 14.6. The number of rotatable bonds is 4. The number of hydrogen-bond acceptors (Lipinski definition) is 5. The lowest BCUT2D eigenvalue weighted by molar-refractivity contribution is 0.232. The van der Waals surface area contributed by atoms with Crippen molar-refractivity contribution >= 4 is 11.5 Å². The Morgan fingerprint density at radius 3 is 2.95 bits per heavy atom. The second-order valence-corrected chi connectivity index (χ2v) is 5.96. The fraction of sp³-hybridized carbons (Fsp3) is 0.412. The number of aryl methyl sites for hydroxylation is 1. The maximum Gasteiger partial charge on any atom is 0.218 e. The fourth-order valence-electron chi connectivity index (χ4n) is 2.89. The lowest BCUT2D eigenvalue weighted by Gasteiger charge is -2.27. The maximum absolute atomic E-state index is 5.89. The Balaban J connectivity index is 1.80. The molecule has 0 saturated heterocycles. The Hall–Kier alpha value is -2.30. The van der Waals surface area contributed by atoms with Crippen molar-refractivity contribution in [2.75, 3.05) is 11.1 Å². The SMILES string of the molecule is CC(C)Oc1cc(NC2CCCc3cc(N)ccc32)ncn1. The summed E-state index contributed by atoms with van der Waals surface area (Å²) in [7, 11) is 0. The van der Waals surface area contributed by atoms with Gasteiger partial charge >= 0.3 is 0 Å². The van der Waals surface area contributed by atoms with E-state index in [0.717, 1.165) is 30.8 Å². The number of nitrogens with zero attached hydrogens (tertiary/aromatic N) is 2. The number of anilines is 2. The predicted octanol–water partition coefficient (Wildman–Crippen LogP) is 3.34. The lowest BCUT2D eigenvalue weighted by Crippen LogP contribution is -2.18. The van der Waals surface area contributed by atoms with E-state index in [-0.39, 0.29) is 12.1 Å². The first-order chi connectivity index (χ1) is 10.6. The number of nitrogens with one attached hydrogen (secondary N) is 1. The van der Waals surface area contributed by atoms with Crippen LogP contribution in [0.5, 0.6) is 5.88 Å². The van der Waals surface area contributed by atoms with E-state index in [2.05, 4.69) is 27.4 Å². The quantitative estimate of drug-likeness (QED) is 0.847. The summed E-state index contributed by atoms with van der Waals surface area (Å²) in [5.41, 5.74) is 9.36. The first-order valence-corrected chi connectivity index (χ1v) is 7.75. The molecule has 1 aromatic heterocycles. The van der Waals surface area contributed by atoms with E-state index in [1.807, 2.05) is 26.0 Å². The van der Waals surface area contributed by atoms with Gasteiger partial charge in [-0.1, -0.05) is 6.07 Å². The van der Waals surface area contributed by atoms with E-state index in [1.54, 1.807) is 0 Å². The number of ether oxygens (including phenoxy) is 1. The van der Waals surface area contributed by atoms with Crippen LogP contribution in [0.3, 0.4) is 0 Å². The summed E-state index contributed by atoms with van der Waals surface area (Å²) in [6.07, 6.45) is 4.95. The van der Waals surface area contributed by atoms with Gasteiger partial charge in [-0.05, 0) is 56.4 Å². The number of benzene rings is 1. The van der Waals surface area contributed by atoms with E-state index in [0.29, 0.717) is 5.88 Å². The van der Waals surface area contributed by atoms with Crippen LogP contribution in [0.15, 0.2) is 30.6 Å². The van der Waals surface area contributed by atoms with E-state index >= 15 is 0 Å². The zero-order chi connectivity index (χ0) is 15.5. The molecular weight excluding hydrogens is 276 g/mol. The van der Waals surface area contributed by atoms with Crippen LogP contribution in [0.4, 0.5) is 11.5 Å². The highest BCUT2D eigenvalue weighted by Gasteiger charge is 2.20. The van der Waals surface area contributed by atoms with Crippen molar-refractivity contribution in [3.8, 4) is 5.88 Å². The molecule has 0 spiro atoms. The van der Waals surface area contributed by atoms with Crippen molar-refractivity contribution in [3.63, 3.8) is 0 Å². The van der Waals surface area contributed by atoms with Crippen LogP contribution in [-0.2, 0) is 6.42 Å². The molecule has 1 unspecified atom stereocenters. The number of nitrogens with two attached hydrogens (primary N) is 1. The summed E-state index contributed by atoms with van der Waals surface area (Å²) in [6.45, 7) is 3.97. The number of nitrogen functional groups attached to an aromatic ring is 1. The summed E-state index contributed by atoms with van der Waals surface area (Å²) in [6, 6.07) is 8.27. The van der Waals surface area contributed by atoms with Crippen molar-refractivity contribution < 1.29 is 4.74 Å². The molecule has 0 fully saturated rings. The Morgan fingerprint density at radius 1 is 1.27 bits per heavy atom. The molecule has 5 heteroatoms. The molecular formula is C17H22N4O. The van der Waals surface area contributed by atoms with E-state index < -0.39 is 0 Å². The smallest absolute Gasteiger partial charge is 0.218 e. The van der Waals surface area contributed by atoms with Gasteiger partial charge in [0.05, 0.1) is 12.1 Å². The molecule has 1 aliphatic rings. The van der Waals surface area contributed by atoms with Gasteiger partial charge in [0.2, 0.25) is 5.88 Å². The monoisotopic (exact) mass is 298 g/mol. The van der Waals surface area contributed by atoms with Gasteiger partial charge in [-0.15, -0.1) is 0 Å². The van der Waals surface area contributed by atoms with Crippen molar-refractivity contribution in [1.29, 1.82) is 0 Å². The second kappa shape index (κ2) is 6.22. The second-order valence-electron chi connectivity index (χ2n) is 5.96. The fourth-order valence-corrected chi connectivity index (χ4v) is 2.89. The highest BCUT2D eigenvalue weighted by atomic mass is 16.5. The predicted molar refractivity (Wildman–Crippen MR) is 88.0 cm³/mol. The average molecular weight is 298 g/mol. The summed E-state index contributed by atoms with van der Waals surface area (Å²) >= 11 is 0. The van der Waals surface area contributed by atoms with Crippen LogP contribution < -0.4 is 15.8 Å². The Bertz CT molecular complexity index is 657. The standard InChI is InChI=1S/C17H22N4O/c1-11(2)22-17-9-16(19-10-20-17)21-15-5-3-4-12-8-13(18)6-7-14(12)15/h6-11,15H,3-5,18H2,1-2H3,(H,19,20,21). The number of hydrogen-bond donors (Lipinski definition) is 2. The minimum Gasteiger partial charge on any atom is -0.475 e. The maximum atomic E-state index is 5.89. The minimum atomic E-state index is 0.0983. The molecule has 1 aromatic carbocycles. The molecule has 5 nitrogen and oxygen atoms in total. The van der Waals surface area contributed by atoms with Gasteiger partial charge in [-0.3, -0.25) is 0 Å². The highest BCUT2D eigenvalue weighted by molar-refractivity contribution is 5.49. The number of fused-ring (bicyclic) bond motifs is 1. The molecule has 1 heterocycles. The summed E-state index contributed by atoms with van der Waals surface area (Å²) < 4.78 is 5.62. The van der Waals surface area contributed by atoms with Gasteiger partial charge in [-0.25, -0.2) is 9.97 Å². The van der Waals surface area contributed by atoms with Crippen molar-refractivity contribution in [2.24, 2.45) is 0 Å². The third kappa shape index (κ3) is 3.30. The van der Waals surface area contributed by atoms with Crippen LogP contribution in [-0.4, -0.2) is 16.1 Å². The van der Waals surface area contributed by atoms with Crippen LogP contribution >= 0.6 is 0 Å². The molecule has 0 bridgehead atoms. The van der Waals surface area contributed by atoms with E-state index in [4.69, 9.17) is 10.5 Å². The molecule has 0 saturated carbocycles. The summed E-state index contributed by atoms with van der Waals surface area (Å²) in [4.78, 5) is 8.44. The van der Waals surface area contributed by atoms with Crippen molar-refractivity contribution in [1.82, 2.24) is 9.97 Å². The molecule has 116 valence electrons. The molecule has 1 atom stereocenters. The third-order valence-electron chi connectivity index (χ3n) is 3.80. The topological polar surface area (TPSA) is 73.1 Å². The Morgan fingerprint density at radius 2 is 2.14 bits per heavy atom. The summed E-state index contributed by atoms with van der Waals surface area (Å²) in [5.74, 6) is 1.39. The lowest BCUT2D eigenvalue weighted by atomic mass is 9.87. The van der Waals surface area contributed by atoms with Crippen molar-refractivity contribution in [3.05, 3.63) is 41.7 Å². The van der Waals surface area contributed by atoms with Gasteiger partial charge in [0.25, 0.3) is 0 Å².